The minimum atomic E-state index is -1.08. The van der Waals surface area contributed by atoms with Crippen LogP contribution in [0.4, 0.5) is 4.39 Å². The summed E-state index contributed by atoms with van der Waals surface area (Å²) >= 11 is 0. The zero-order valence-electron chi connectivity index (χ0n) is 15.4. The van der Waals surface area contributed by atoms with Gasteiger partial charge in [-0.15, -0.1) is 0 Å². The van der Waals surface area contributed by atoms with Gasteiger partial charge in [-0.2, -0.15) is 0 Å². The molecule has 0 radical (unpaired) electrons. The van der Waals surface area contributed by atoms with Crippen LogP contribution >= 0.6 is 0 Å². The summed E-state index contributed by atoms with van der Waals surface area (Å²) in [5, 5.41) is 10.00. The first-order valence-corrected chi connectivity index (χ1v) is 9.64. The molecule has 0 heterocycles. The Balaban J connectivity index is 1.68. The molecule has 8 atom stereocenters. The smallest absolute Gasteiger partial charge is 0.303 e. The van der Waals surface area contributed by atoms with E-state index in [4.69, 9.17) is 4.74 Å². The van der Waals surface area contributed by atoms with Crippen LogP contribution in [0.25, 0.3) is 0 Å². The first kappa shape index (κ1) is 17.3. The maximum absolute atomic E-state index is 14.8. The number of esters is 1. The molecule has 3 nitrogen and oxygen atoms in total. The highest BCUT2D eigenvalue weighted by molar-refractivity contribution is 5.66. The number of carbonyl (C=O) groups is 1. The van der Waals surface area contributed by atoms with E-state index in [-0.39, 0.29) is 28.8 Å². The van der Waals surface area contributed by atoms with Crippen molar-refractivity contribution in [2.45, 2.75) is 71.3 Å². The van der Waals surface area contributed by atoms with Gasteiger partial charge in [-0.1, -0.05) is 37.6 Å². The van der Waals surface area contributed by atoms with E-state index in [1.807, 2.05) is 6.08 Å². The average molecular weight is 348 g/mol. The fraction of sp³-hybridized carbons (Fsp3) is 0.762. The number of alkyl halides is 1. The standard InChI is InChI=1S/C21H29FO3/c1-12(23)25-19-18(22)11-17-15-5-4-13-10-14(24)6-8-20(13,2)16(15)7-9-21(17,19)3/h5-6,8,13-14,16-19,24H,4,7,9-11H2,1-3H3/t13?,14?,16-,17+,18?,19?,20+,21+/m1/s1. The lowest BCUT2D eigenvalue weighted by atomic mass is 9.50. The number of halogens is 1. The molecule has 4 aliphatic rings. The van der Waals surface area contributed by atoms with E-state index in [0.717, 1.165) is 25.7 Å². The number of allylic oxidation sites excluding steroid dienone is 3. The third kappa shape index (κ3) is 2.43. The van der Waals surface area contributed by atoms with Crippen LogP contribution in [0.15, 0.2) is 23.8 Å². The van der Waals surface area contributed by atoms with Gasteiger partial charge in [-0.25, -0.2) is 4.39 Å². The first-order chi connectivity index (χ1) is 11.8. The molecule has 0 amide bonds. The minimum absolute atomic E-state index is 0.0516. The van der Waals surface area contributed by atoms with E-state index in [0.29, 0.717) is 18.3 Å². The molecule has 2 fully saturated rings. The Hall–Kier alpha value is -1.16. The lowest BCUT2D eigenvalue weighted by molar-refractivity contribution is -0.157. The molecule has 138 valence electrons. The Morgan fingerprint density at radius 2 is 2.08 bits per heavy atom. The van der Waals surface area contributed by atoms with E-state index >= 15 is 0 Å². The lowest BCUT2D eigenvalue weighted by Gasteiger charge is -2.55. The van der Waals surface area contributed by atoms with Crippen molar-refractivity contribution in [2.24, 2.45) is 28.6 Å². The van der Waals surface area contributed by atoms with Crippen LogP contribution in [0.2, 0.25) is 0 Å². The van der Waals surface area contributed by atoms with E-state index < -0.39 is 12.3 Å². The monoisotopic (exact) mass is 348 g/mol. The summed E-state index contributed by atoms with van der Waals surface area (Å²) in [7, 11) is 0. The molecule has 25 heavy (non-hydrogen) atoms. The highest BCUT2D eigenvalue weighted by Crippen LogP contribution is 2.64. The molecule has 2 saturated carbocycles. The number of hydrogen-bond donors (Lipinski definition) is 1. The van der Waals surface area contributed by atoms with E-state index in [1.165, 1.54) is 12.5 Å². The number of ether oxygens (including phenoxy) is 1. The number of fused-ring (bicyclic) bond motifs is 5. The fourth-order valence-electron chi connectivity index (χ4n) is 6.38. The second-order valence-electron chi connectivity index (χ2n) is 9.10. The van der Waals surface area contributed by atoms with Crippen molar-refractivity contribution in [3.63, 3.8) is 0 Å². The third-order valence-corrected chi connectivity index (χ3v) is 7.78. The van der Waals surface area contributed by atoms with Gasteiger partial charge >= 0.3 is 5.97 Å². The lowest BCUT2D eigenvalue weighted by Crippen LogP contribution is -2.49. The Bertz CT molecular complexity index is 641. The van der Waals surface area contributed by atoms with Gasteiger partial charge in [0.05, 0.1) is 6.10 Å². The molecule has 0 aliphatic heterocycles. The molecule has 4 aliphatic carbocycles. The topological polar surface area (TPSA) is 46.5 Å². The SMILES string of the molecule is CC(=O)OC1C(F)C[C@H]2C3=CCC4CC(O)C=C[C@]4(C)[C@@H]3CC[C@]12C. The number of rotatable bonds is 1. The van der Waals surface area contributed by atoms with Crippen LogP contribution in [-0.4, -0.2) is 29.5 Å². The molecular formula is C21H29FO3. The largest absolute Gasteiger partial charge is 0.459 e. The fourth-order valence-corrected chi connectivity index (χ4v) is 6.38. The van der Waals surface area contributed by atoms with E-state index in [1.54, 1.807) is 0 Å². The maximum atomic E-state index is 14.8. The van der Waals surface area contributed by atoms with Crippen LogP contribution in [0.3, 0.4) is 0 Å². The van der Waals surface area contributed by atoms with Gasteiger partial charge in [0, 0.05) is 12.3 Å². The van der Waals surface area contributed by atoms with Crippen molar-refractivity contribution in [1.29, 1.82) is 0 Å². The molecule has 4 rings (SSSR count). The van der Waals surface area contributed by atoms with Gasteiger partial charge in [-0.05, 0) is 55.3 Å². The number of aliphatic hydroxyl groups is 1. The number of aliphatic hydroxyl groups excluding tert-OH is 1. The molecule has 1 N–H and O–H groups in total. The minimum Gasteiger partial charge on any atom is -0.459 e. The molecule has 4 unspecified atom stereocenters. The van der Waals surface area contributed by atoms with E-state index in [9.17, 15) is 14.3 Å². The summed E-state index contributed by atoms with van der Waals surface area (Å²) in [6.07, 6.45) is 8.57. The van der Waals surface area contributed by atoms with Crippen LogP contribution in [-0.2, 0) is 9.53 Å². The molecular weight excluding hydrogens is 319 g/mol. The van der Waals surface area contributed by atoms with Gasteiger partial charge < -0.3 is 9.84 Å². The Morgan fingerprint density at radius 3 is 2.80 bits per heavy atom. The van der Waals surface area contributed by atoms with Crippen LogP contribution in [0, 0.1) is 28.6 Å². The van der Waals surface area contributed by atoms with Gasteiger partial charge in [-0.3, -0.25) is 4.79 Å². The van der Waals surface area contributed by atoms with Crippen molar-refractivity contribution in [3.8, 4) is 0 Å². The molecule has 0 spiro atoms. The quantitative estimate of drug-likeness (QED) is 0.576. The maximum Gasteiger partial charge on any atom is 0.303 e. The molecule has 0 bridgehead atoms. The van der Waals surface area contributed by atoms with Crippen molar-refractivity contribution >= 4 is 5.97 Å². The summed E-state index contributed by atoms with van der Waals surface area (Å²) in [6.45, 7) is 5.79. The first-order valence-electron chi connectivity index (χ1n) is 9.64. The molecule has 4 heteroatoms. The molecule has 0 aromatic rings. The van der Waals surface area contributed by atoms with Gasteiger partial charge in [0.2, 0.25) is 0 Å². The van der Waals surface area contributed by atoms with Crippen LogP contribution in [0.5, 0.6) is 0 Å². The highest BCUT2D eigenvalue weighted by atomic mass is 19.1. The summed E-state index contributed by atoms with van der Waals surface area (Å²) in [5.74, 6) is 0.642. The van der Waals surface area contributed by atoms with Gasteiger partial charge in [0.1, 0.15) is 12.3 Å². The van der Waals surface area contributed by atoms with Gasteiger partial charge in [0.15, 0.2) is 0 Å². The Labute approximate surface area is 149 Å². The summed E-state index contributed by atoms with van der Waals surface area (Å²) in [5.41, 5.74) is 1.13. The zero-order chi connectivity index (χ0) is 18.0. The van der Waals surface area contributed by atoms with E-state index in [2.05, 4.69) is 26.0 Å². The summed E-state index contributed by atoms with van der Waals surface area (Å²) in [6, 6.07) is 0. The normalized spacial score (nSPS) is 51.2. The molecule has 0 aromatic carbocycles. The predicted molar refractivity (Wildman–Crippen MR) is 93.4 cm³/mol. The van der Waals surface area contributed by atoms with Crippen molar-refractivity contribution in [1.82, 2.24) is 0 Å². The number of hydrogen-bond acceptors (Lipinski definition) is 3. The molecule has 0 saturated heterocycles. The van der Waals surface area contributed by atoms with Crippen LogP contribution < -0.4 is 0 Å². The van der Waals surface area contributed by atoms with Crippen molar-refractivity contribution in [3.05, 3.63) is 23.8 Å². The summed E-state index contributed by atoms with van der Waals surface area (Å²) < 4.78 is 20.2. The highest BCUT2D eigenvalue weighted by Gasteiger charge is 2.61. The zero-order valence-corrected chi connectivity index (χ0v) is 15.4. The molecule has 0 aromatic heterocycles. The average Bonchev–Trinajstić information content (AvgIpc) is 2.79. The Morgan fingerprint density at radius 1 is 1.32 bits per heavy atom. The number of carbonyl (C=O) groups excluding carboxylic acids is 1. The second kappa shape index (κ2) is 5.67. The van der Waals surface area contributed by atoms with Crippen molar-refractivity contribution < 1.29 is 19.0 Å². The van der Waals surface area contributed by atoms with Gasteiger partial charge in [0.25, 0.3) is 0 Å². The third-order valence-electron chi connectivity index (χ3n) is 7.78. The second-order valence-corrected chi connectivity index (χ2v) is 9.10. The summed E-state index contributed by atoms with van der Waals surface area (Å²) in [4.78, 5) is 11.5. The van der Waals surface area contributed by atoms with Crippen molar-refractivity contribution in [2.75, 3.05) is 0 Å². The van der Waals surface area contributed by atoms with Crippen LogP contribution in [0.1, 0.15) is 52.9 Å². The predicted octanol–water partition coefficient (Wildman–Crippen LogP) is 3.97. The Kier molecular flexibility index (Phi) is 3.91.